The van der Waals surface area contributed by atoms with Crippen LogP contribution in [-0.2, 0) is 81.9 Å². The highest BCUT2D eigenvalue weighted by atomic mass is 32.2. The van der Waals surface area contributed by atoms with Crippen LogP contribution in [0.2, 0.25) is 0 Å². The van der Waals surface area contributed by atoms with Crippen LogP contribution in [0.15, 0.2) is 107 Å². The average molecular weight is 1190 g/mol. The highest BCUT2D eigenvalue weighted by Gasteiger charge is 2.26. The maximum Gasteiger partial charge on any atom is 0.425 e. The first-order chi connectivity index (χ1) is 36.2. The normalized spacial score (nSPS) is 14.0. The van der Waals surface area contributed by atoms with Gasteiger partial charge < -0.3 is 19.4 Å². The summed E-state index contributed by atoms with van der Waals surface area (Å²) in [5.74, 6) is -0.427. The topological polar surface area (TPSA) is 429 Å². The first-order valence-electron chi connectivity index (χ1n) is 21.3. The van der Waals surface area contributed by atoms with Gasteiger partial charge in [0, 0.05) is 45.4 Å². The lowest BCUT2D eigenvalue weighted by Gasteiger charge is -2.26. The average Bonchev–Trinajstić information content (AvgIpc) is 3.36. The zero-order valence-corrected chi connectivity index (χ0v) is 44.0. The molecule has 8 aromatic carbocycles. The number of hydrogen-bond donors (Lipinski definition) is 5. The lowest BCUT2D eigenvalue weighted by Crippen LogP contribution is -2.35. The monoisotopic (exact) mass is 1190 g/mol. The second-order valence-electron chi connectivity index (χ2n) is 15.5. The SMILES string of the molecule is CNOC(=O)COc1ccc2ccc3ccc(S(=O)(=O)O)c4ccc1c2c34.O=C(O)C1CCC(NOCCOc2ccc3ccc4ccc(S(=O)(=O)O)c5ccc2c3c45)CC1.O=S(=O)=O.O=S(=O)=O.O=S(=O)=O.O=S(=O)=O. The summed E-state index contributed by atoms with van der Waals surface area (Å²) in [6.07, 6.45) is 2.82. The minimum atomic E-state index is -4.36. The van der Waals surface area contributed by atoms with Crippen molar-refractivity contribution in [3.63, 3.8) is 0 Å². The number of ether oxygens (including phenoxy) is 2. The fraction of sp³-hybridized carbons (Fsp3) is 0.227. The number of carboxylic acid groups (broad SMARTS) is 1. The Labute approximate surface area is 441 Å². The van der Waals surface area contributed by atoms with Crippen LogP contribution in [0.3, 0.4) is 0 Å². The van der Waals surface area contributed by atoms with E-state index >= 15 is 0 Å². The predicted molar refractivity (Wildman–Crippen MR) is 267 cm³/mol. The number of carboxylic acids is 1. The van der Waals surface area contributed by atoms with Crippen molar-refractivity contribution in [2.24, 2.45) is 5.92 Å². The molecule has 0 saturated heterocycles. The molecular weight excluding hydrogens is 1150 g/mol. The van der Waals surface area contributed by atoms with E-state index in [-0.39, 0.29) is 28.4 Å². The molecule has 5 N–H and O–H groups in total. The molecule has 0 heterocycles. The smallest absolute Gasteiger partial charge is 0.425 e. The number of hydroxylamine groups is 2. The van der Waals surface area contributed by atoms with Gasteiger partial charge in [0.25, 0.3) is 20.2 Å². The van der Waals surface area contributed by atoms with Gasteiger partial charge >= 0.3 is 54.4 Å². The third-order valence-electron chi connectivity index (χ3n) is 11.1. The molecule has 412 valence electrons. The Bertz CT molecular complexity index is 4020. The molecule has 33 heteroatoms. The Morgan fingerprint density at radius 2 is 0.844 bits per heavy atom. The Kier molecular flexibility index (Phi) is 22.6. The molecule has 0 aromatic heterocycles. The summed E-state index contributed by atoms with van der Waals surface area (Å²) in [6.45, 7) is 0.340. The van der Waals surface area contributed by atoms with Gasteiger partial charge in [0.2, 0.25) is 0 Å². The minimum absolute atomic E-state index is 0.113. The molecule has 1 fully saturated rings. The predicted octanol–water partition coefficient (Wildman–Crippen LogP) is 3.24. The number of aliphatic carboxylic acids is 1. The minimum Gasteiger partial charge on any atom is -0.490 e. The van der Waals surface area contributed by atoms with Gasteiger partial charge in [-0.1, -0.05) is 60.7 Å². The molecule has 1 aliphatic rings. The van der Waals surface area contributed by atoms with Gasteiger partial charge in [0.1, 0.15) is 34.5 Å². The summed E-state index contributed by atoms with van der Waals surface area (Å²) >= 11 is 0. The zero-order chi connectivity index (χ0) is 57.4. The van der Waals surface area contributed by atoms with Gasteiger partial charge in [-0.15, -0.1) is 50.5 Å². The molecular formula is C44H40N2O25S6. The summed E-state index contributed by atoms with van der Waals surface area (Å²) in [5, 5.41) is 18.3. The van der Waals surface area contributed by atoms with Crippen molar-refractivity contribution in [3.8, 4) is 11.5 Å². The molecule has 9 rings (SSSR count). The van der Waals surface area contributed by atoms with E-state index in [0.29, 0.717) is 53.7 Å². The van der Waals surface area contributed by atoms with Gasteiger partial charge in [-0.25, -0.2) is 4.79 Å². The van der Waals surface area contributed by atoms with E-state index in [1.54, 1.807) is 36.4 Å². The molecule has 0 radical (unpaired) electrons. The van der Waals surface area contributed by atoms with E-state index in [0.717, 1.165) is 61.3 Å². The van der Waals surface area contributed by atoms with Gasteiger partial charge in [0.15, 0.2) is 6.61 Å². The molecule has 27 nitrogen and oxygen atoms in total. The molecule has 8 aromatic rings. The summed E-state index contributed by atoms with van der Waals surface area (Å²) in [7, 11) is -19.7. The molecule has 0 atom stereocenters. The van der Waals surface area contributed by atoms with Crippen LogP contribution >= 0.6 is 0 Å². The summed E-state index contributed by atoms with van der Waals surface area (Å²) in [5.41, 5.74) is 5.30. The second-order valence-corrected chi connectivity index (χ2v) is 19.9. The summed E-state index contributed by atoms with van der Waals surface area (Å²) in [4.78, 5) is 32.5. The number of hydrogen-bond acceptors (Lipinski definition) is 24. The third kappa shape index (κ3) is 17.8. The van der Waals surface area contributed by atoms with Crippen LogP contribution in [0.25, 0.3) is 64.6 Å². The Morgan fingerprint density at radius 1 is 0.506 bits per heavy atom. The standard InChI is InChI=1S/C25H25NO7S.C19H15NO6S.4O3S/c27-25(28)17-3-7-18(8-4-17)26-33-14-13-32-21-11-5-15-1-2-16-6-12-22(34(29,30)31)20-10-9-19(21)23(15)24(16)20;1-20-26-17(21)10-25-15-8-4-11-2-3-12-5-9-16(27(22,23)24)14-7-6-13(15)18(11)19(12)14;4*1-4(2)3/h1-2,5-6,9-12,17-18,26H,3-4,7-8,13-14H2,(H,27,28)(H,29,30,31);2-9,20H,10H2,1H3,(H,22,23,24);;;;. The lowest BCUT2D eigenvalue weighted by molar-refractivity contribution is -0.152. The van der Waals surface area contributed by atoms with E-state index < -0.39 is 74.6 Å². The molecule has 0 aliphatic heterocycles. The van der Waals surface area contributed by atoms with Crippen LogP contribution in [-0.4, -0.2) is 126 Å². The van der Waals surface area contributed by atoms with Gasteiger partial charge in [-0.3, -0.25) is 18.7 Å². The van der Waals surface area contributed by atoms with Crippen molar-refractivity contribution in [1.82, 2.24) is 11.0 Å². The number of carbonyl (C=O) groups excluding carboxylic acids is 1. The number of rotatable bonds is 13. The number of carbonyl (C=O) groups is 2. The maximum absolute atomic E-state index is 11.9. The first kappa shape index (κ1) is 62.1. The van der Waals surface area contributed by atoms with Crippen molar-refractivity contribution in [3.05, 3.63) is 97.1 Å². The van der Waals surface area contributed by atoms with Crippen LogP contribution in [0.5, 0.6) is 11.5 Å². The van der Waals surface area contributed by atoms with E-state index in [4.69, 9.17) is 69.9 Å². The lowest BCUT2D eigenvalue weighted by atomic mass is 9.86. The van der Waals surface area contributed by atoms with Crippen molar-refractivity contribution >= 4 is 139 Å². The van der Waals surface area contributed by atoms with Crippen LogP contribution in [0, 0.1) is 5.92 Å². The quantitative estimate of drug-likeness (QED) is 0.0478. The van der Waals surface area contributed by atoms with Crippen molar-refractivity contribution in [1.29, 1.82) is 0 Å². The molecule has 0 spiro atoms. The molecule has 77 heavy (non-hydrogen) atoms. The second kappa shape index (κ2) is 28.1. The van der Waals surface area contributed by atoms with Crippen molar-refractivity contribution in [2.45, 2.75) is 41.5 Å². The first-order valence-corrected chi connectivity index (χ1v) is 28.2. The highest BCUT2D eigenvalue weighted by Crippen LogP contribution is 2.42. The van der Waals surface area contributed by atoms with E-state index in [2.05, 4.69) is 15.8 Å². The van der Waals surface area contributed by atoms with Crippen molar-refractivity contribution in [2.75, 3.05) is 26.9 Å². The Morgan fingerprint density at radius 3 is 1.21 bits per heavy atom. The largest absolute Gasteiger partial charge is 0.490 e. The molecule has 1 aliphatic carbocycles. The van der Waals surface area contributed by atoms with Crippen LogP contribution < -0.4 is 20.4 Å². The van der Waals surface area contributed by atoms with Crippen LogP contribution in [0.1, 0.15) is 25.7 Å². The van der Waals surface area contributed by atoms with Crippen molar-refractivity contribution < 1.29 is 110 Å². The Balaban J connectivity index is 0.000000264. The van der Waals surface area contributed by atoms with Gasteiger partial charge in [-0.05, 0) is 94.4 Å². The van der Waals surface area contributed by atoms with Gasteiger partial charge in [0.05, 0.1) is 5.92 Å². The fourth-order valence-electron chi connectivity index (χ4n) is 8.30. The maximum atomic E-state index is 11.9. The number of benzene rings is 8. The van der Waals surface area contributed by atoms with E-state index in [1.807, 2.05) is 48.5 Å². The highest BCUT2D eigenvalue weighted by molar-refractivity contribution is 7.86. The molecule has 1 saturated carbocycles. The van der Waals surface area contributed by atoms with Gasteiger partial charge in [-0.2, -0.15) is 27.8 Å². The summed E-state index contributed by atoms with van der Waals surface area (Å²) in [6, 6.07) is 28.3. The summed E-state index contributed by atoms with van der Waals surface area (Å²) < 4.78 is 179. The zero-order valence-electron chi connectivity index (χ0n) is 39.1. The van der Waals surface area contributed by atoms with E-state index in [9.17, 15) is 35.5 Å². The van der Waals surface area contributed by atoms with Crippen LogP contribution in [0.4, 0.5) is 0 Å². The molecule has 0 amide bonds. The molecule has 0 unspecified atom stereocenters. The fourth-order valence-corrected chi connectivity index (χ4v) is 9.68. The molecule has 0 bridgehead atoms. The third-order valence-corrected chi connectivity index (χ3v) is 12.9. The number of nitrogens with one attached hydrogen (secondary N) is 2. The Hall–Kier alpha value is -7.44. The van der Waals surface area contributed by atoms with E-state index in [1.165, 1.54) is 19.2 Å².